The van der Waals surface area contributed by atoms with E-state index in [1.807, 2.05) is 24.3 Å². The zero-order chi connectivity index (χ0) is 12.8. The Morgan fingerprint density at radius 2 is 2.22 bits per heavy atom. The highest BCUT2D eigenvalue weighted by molar-refractivity contribution is 5.85. The predicted molar refractivity (Wildman–Crippen MR) is 70.1 cm³/mol. The smallest absolute Gasteiger partial charge is 0.411 e. The molecule has 1 N–H and O–H groups in total. The van der Waals surface area contributed by atoms with Crippen LogP contribution >= 0.6 is 0 Å². The third kappa shape index (κ3) is 3.37. The van der Waals surface area contributed by atoms with Crippen LogP contribution in [0.25, 0.3) is 0 Å². The van der Waals surface area contributed by atoms with Crippen LogP contribution in [0.5, 0.6) is 0 Å². The number of anilines is 2. The van der Waals surface area contributed by atoms with Crippen LogP contribution in [0.4, 0.5) is 16.2 Å². The first-order valence-corrected chi connectivity index (χ1v) is 6.16. The molecule has 0 atom stereocenters. The van der Waals surface area contributed by atoms with Crippen LogP contribution in [-0.2, 0) is 9.47 Å². The molecule has 0 bridgehead atoms. The molecule has 0 unspecified atom stereocenters. The second-order valence-corrected chi connectivity index (χ2v) is 4.00. The van der Waals surface area contributed by atoms with E-state index in [0.717, 1.165) is 37.7 Å². The molecule has 1 aromatic rings. The Kier molecular flexibility index (Phi) is 4.41. The van der Waals surface area contributed by atoms with E-state index in [1.54, 1.807) is 6.92 Å². The molecule has 5 heteroatoms. The summed E-state index contributed by atoms with van der Waals surface area (Å²) in [5, 5.41) is 2.70. The van der Waals surface area contributed by atoms with Crippen molar-refractivity contribution >= 4 is 17.5 Å². The Morgan fingerprint density at radius 3 is 2.94 bits per heavy atom. The predicted octanol–water partition coefficient (Wildman–Crippen LogP) is 2.09. The van der Waals surface area contributed by atoms with E-state index in [2.05, 4.69) is 10.2 Å². The number of hydrogen-bond acceptors (Lipinski definition) is 4. The van der Waals surface area contributed by atoms with Crippen LogP contribution in [0, 0.1) is 0 Å². The molecule has 1 saturated heterocycles. The van der Waals surface area contributed by atoms with Crippen LogP contribution in [0.3, 0.4) is 0 Å². The first-order valence-electron chi connectivity index (χ1n) is 6.16. The number of rotatable bonds is 3. The number of nitrogens with zero attached hydrogens (tertiary/aromatic N) is 1. The summed E-state index contributed by atoms with van der Waals surface area (Å²) >= 11 is 0. The van der Waals surface area contributed by atoms with Gasteiger partial charge in [-0.05, 0) is 25.1 Å². The lowest BCUT2D eigenvalue weighted by atomic mass is 10.2. The van der Waals surface area contributed by atoms with Gasteiger partial charge in [-0.1, -0.05) is 6.07 Å². The summed E-state index contributed by atoms with van der Waals surface area (Å²) in [7, 11) is 0. The fourth-order valence-corrected chi connectivity index (χ4v) is 1.89. The molecular weight excluding hydrogens is 232 g/mol. The molecule has 1 aliphatic heterocycles. The van der Waals surface area contributed by atoms with Crippen LogP contribution < -0.4 is 10.2 Å². The van der Waals surface area contributed by atoms with Crippen molar-refractivity contribution in [1.82, 2.24) is 0 Å². The van der Waals surface area contributed by atoms with E-state index < -0.39 is 6.09 Å². The first-order chi connectivity index (χ1) is 8.79. The zero-order valence-corrected chi connectivity index (χ0v) is 10.5. The normalized spacial score (nSPS) is 15.3. The van der Waals surface area contributed by atoms with Crippen molar-refractivity contribution < 1.29 is 14.3 Å². The number of carbonyl (C=O) groups is 1. The summed E-state index contributed by atoms with van der Waals surface area (Å²) in [6.45, 7) is 5.40. The minimum absolute atomic E-state index is 0.370. The third-order valence-electron chi connectivity index (χ3n) is 2.74. The summed E-state index contributed by atoms with van der Waals surface area (Å²) in [6, 6.07) is 7.75. The highest BCUT2D eigenvalue weighted by atomic mass is 16.5. The van der Waals surface area contributed by atoms with Crippen molar-refractivity contribution in [3.8, 4) is 0 Å². The van der Waals surface area contributed by atoms with E-state index >= 15 is 0 Å². The highest BCUT2D eigenvalue weighted by Crippen LogP contribution is 2.20. The number of amides is 1. The average molecular weight is 250 g/mol. The van der Waals surface area contributed by atoms with Crippen molar-refractivity contribution in [2.24, 2.45) is 0 Å². The Morgan fingerprint density at radius 1 is 1.44 bits per heavy atom. The maximum absolute atomic E-state index is 11.3. The standard InChI is InChI=1S/C13H18N2O3/c1-2-18-13(16)14-11-4-3-5-12(10-11)15-6-8-17-9-7-15/h3-5,10H,2,6-9H2,1H3,(H,14,16). The third-order valence-corrected chi connectivity index (χ3v) is 2.74. The summed E-state index contributed by atoms with van der Waals surface area (Å²) in [4.78, 5) is 13.6. The lowest BCUT2D eigenvalue weighted by Crippen LogP contribution is -2.36. The number of carbonyl (C=O) groups excluding carboxylic acids is 1. The number of nitrogens with one attached hydrogen (secondary N) is 1. The topological polar surface area (TPSA) is 50.8 Å². The van der Waals surface area contributed by atoms with E-state index in [0.29, 0.717) is 6.61 Å². The van der Waals surface area contributed by atoms with Crippen molar-refractivity contribution in [2.45, 2.75) is 6.92 Å². The quantitative estimate of drug-likeness (QED) is 0.892. The molecule has 5 nitrogen and oxygen atoms in total. The minimum atomic E-state index is -0.420. The van der Waals surface area contributed by atoms with Gasteiger partial charge in [-0.15, -0.1) is 0 Å². The summed E-state index contributed by atoms with van der Waals surface area (Å²) in [6.07, 6.45) is -0.420. The molecule has 1 fully saturated rings. The second-order valence-electron chi connectivity index (χ2n) is 4.00. The Bertz CT molecular complexity index is 403. The van der Waals surface area contributed by atoms with Gasteiger partial charge in [-0.2, -0.15) is 0 Å². The van der Waals surface area contributed by atoms with Gasteiger partial charge in [0.25, 0.3) is 0 Å². The van der Waals surface area contributed by atoms with Gasteiger partial charge in [0.1, 0.15) is 0 Å². The van der Waals surface area contributed by atoms with Gasteiger partial charge < -0.3 is 14.4 Å². The highest BCUT2D eigenvalue weighted by Gasteiger charge is 2.11. The van der Waals surface area contributed by atoms with Crippen LogP contribution in [0.2, 0.25) is 0 Å². The van der Waals surface area contributed by atoms with Crippen LogP contribution in [0.15, 0.2) is 24.3 Å². The lowest BCUT2D eigenvalue weighted by molar-refractivity contribution is 0.122. The molecule has 0 aliphatic carbocycles. The van der Waals surface area contributed by atoms with Crippen molar-refractivity contribution in [3.05, 3.63) is 24.3 Å². The molecule has 0 aromatic heterocycles. The van der Waals surface area contributed by atoms with Gasteiger partial charge in [-0.25, -0.2) is 4.79 Å². The van der Waals surface area contributed by atoms with Gasteiger partial charge in [-0.3, -0.25) is 5.32 Å². The molecule has 1 aliphatic rings. The Balaban J connectivity index is 2.02. The Labute approximate surface area is 107 Å². The maximum atomic E-state index is 11.3. The summed E-state index contributed by atoms with van der Waals surface area (Å²) < 4.78 is 10.2. The lowest BCUT2D eigenvalue weighted by Gasteiger charge is -2.29. The molecule has 1 heterocycles. The molecule has 1 aromatic carbocycles. The minimum Gasteiger partial charge on any atom is -0.450 e. The van der Waals surface area contributed by atoms with E-state index in [4.69, 9.17) is 9.47 Å². The van der Waals surface area contributed by atoms with Crippen molar-refractivity contribution in [2.75, 3.05) is 43.1 Å². The van der Waals surface area contributed by atoms with Crippen LogP contribution in [-0.4, -0.2) is 39.0 Å². The van der Waals surface area contributed by atoms with E-state index in [-0.39, 0.29) is 0 Å². The maximum Gasteiger partial charge on any atom is 0.411 e. The SMILES string of the molecule is CCOC(=O)Nc1cccc(N2CCOCC2)c1. The molecule has 0 spiro atoms. The van der Waals surface area contributed by atoms with Gasteiger partial charge >= 0.3 is 6.09 Å². The largest absolute Gasteiger partial charge is 0.450 e. The van der Waals surface area contributed by atoms with Gasteiger partial charge in [0.15, 0.2) is 0 Å². The molecule has 2 rings (SSSR count). The zero-order valence-electron chi connectivity index (χ0n) is 10.5. The van der Waals surface area contributed by atoms with E-state index in [9.17, 15) is 4.79 Å². The average Bonchev–Trinajstić information content (AvgIpc) is 2.40. The number of benzene rings is 1. The van der Waals surface area contributed by atoms with Crippen molar-refractivity contribution in [1.29, 1.82) is 0 Å². The molecule has 0 saturated carbocycles. The summed E-state index contributed by atoms with van der Waals surface area (Å²) in [5.41, 5.74) is 1.84. The molecule has 98 valence electrons. The van der Waals surface area contributed by atoms with Crippen molar-refractivity contribution in [3.63, 3.8) is 0 Å². The Hall–Kier alpha value is -1.75. The molecule has 1 amide bonds. The first kappa shape index (κ1) is 12.7. The van der Waals surface area contributed by atoms with Gasteiger partial charge in [0.05, 0.1) is 19.8 Å². The fourth-order valence-electron chi connectivity index (χ4n) is 1.89. The molecule has 18 heavy (non-hydrogen) atoms. The summed E-state index contributed by atoms with van der Waals surface area (Å²) in [5.74, 6) is 0. The number of morpholine rings is 1. The van der Waals surface area contributed by atoms with E-state index in [1.165, 1.54) is 0 Å². The monoisotopic (exact) mass is 250 g/mol. The number of hydrogen-bond donors (Lipinski definition) is 1. The molecular formula is C13H18N2O3. The van der Waals surface area contributed by atoms with Gasteiger partial charge in [0, 0.05) is 24.5 Å². The number of ether oxygens (including phenoxy) is 2. The second kappa shape index (κ2) is 6.26. The van der Waals surface area contributed by atoms with Crippen LogP contribution in [0.1, 0.15) is 6.92 Å². The fraction of sp³-hybridized carbons (Fsp3) is 0.462. The van der Waals surface area contributed by atoms with Gasteiger partial charge in [0.2, 0.25) is 0 Å². The molecule has 0 radical (unpaired) electrons.